The highest BCUT2D eigenvalue weighted by Crippen LogP contribution is 2.34. The van der Waals surface area contributed by atoms with Crippen LogP contribution in [0.1, 0.15) is 78.1 Å². The van der Waals surface area contributed by atoms with Gasteiger partial charge in [0.05, 0.1) is 12.7 Å². The minimum atomic E-state index is -0.729. The number of amides is 1. The van der Waals surface area contributed by atoms with Crippen LogP contribution in [-0.4, -0.2) is 42.1 Å². The van der Waals surface area contributed by atoms with Crippen molar-refractivity contribution in [3.63, 3.8) is 0 Å². The summed E-state index contributed by atoms with van der Waals surface area (Å²) >= 11 is 0. The number of nitrogens with one attached hydrogen (secondary N) is 2. The van der Waals surface area contributed by atoms with Gasteiger partial charge in [0.1, 0.15) is 5.54 Å². The van der Waals surface area contributed by atoms with Crippen molar-refractivity contribution < 1.29 is 9.53 Å². The molecule has 5 nitrogen and oxygen atoms in total. The quantitative estimate of drug-likeness (QED) is 0.674. The number of carbonyl (C=O) groups excluding carboxylic acids is 1. The summed E-state index contributed by atoms with van der Waals surface area (Å²) in [6, 6.07) is 0. The molecule has 1 saturated carbocycles. The molecule has 0 aromatic carbocycles. The highest BCUT2D eigenvalue weighted by Gasteiger charge is 2.49. The van der Waals surface area contributed by atoms with E-state index in [0.29, 0.717) is 12.5 Å². The van der Waals surface area contributed by atoms with Crippen LogP contribution in [0.15, 0.2) is 0 Å². The fraction of sp³-hybridized carbons (Fsp3) is 0.895. The number of guanidine groups is 1. The molecule has 0 aromatic rings. The highest BCUT2D eigenvalue weighted by atomic mass is 16.5. The zero-order valence-electron chi connectivity index (χ0n) is 15.7. The first-order valence-electron chi connectivity index (χ1n) is 9.79. The molecule has 1 unspecified atom stereocenters. The van der Waals surface area contributed by atoms with Crippen LogP contribution in [0.2, 0.25) is 0 Å². The molecule has 24 heavy (non-hydrogen) atoms. The van der Waals surface area contributed by atoms with Crippen LogP contribution in [0.3, 0.4) is 0 Å². The third-order valence-corrected chi connectivity index (χ3v) is 5.56. The third-order valence-electron chi connectivity index (χ3n) is 5.56. The molecule has 2 aliphatic rings. The molecule has 1 heterocycles. The van der Waals surface area contributed by atoms with Crippen molar-refractivity contribution in [2.75, 3.05) is 13.7 Å². The zero-order chi connectivity index (χ0) is 17.6. The largest absolute Gasteiger partial charge is 0.375 e. The van der Waals surface area contributed by atoms with E-state index in [0.717, 1.165) is 32.1 Å². The first-order chi connectivity index (χ1) is 11.5. The summed E-state index contributed by atoms with van der Waals surface area (Å²) in [5, 5.41) is 11.2. The number of ether oxygens (including phenoxy) is 1. The van der Waals surface area contributed by atoms with Gasteiger partial charge < -0.3 is 10.1 Å². The summed E-state index contributed by atoms with van der Waals surface area (Å²) in [4.78, 5) is 14.3. The van der Waals surface area contributed by atoms with Gasteiger partial charge >= 0.3 is 0 Å². The van der Waals surface area contributed by atoms with Crippen LogP contribution >= 0.6 is 0 Å². The van der Waals surface area contributed by atoms with Gasteiger partial charge in [-0.25, -0.2) is 0 Å². The molecule has 2 rings (SSSR count). The molecule has 138 valence electrons. The van der Waals surface area contributed by atoms with Gasteiger partial charge in [-0.3, -0.25) is 15.1 Å². The molecule has 2 fully saturated rings. The number of hydrogen-bond donors (Lipinski definition) is 2. The summed E-state index contributed by atoms with van der Waals surface area (Å²) in [7, 11) is 1.69. The Morgan fingerprint density at radius 2 is 1.88 bits per heavy atom. The second-order valence-electron chi connectivity index (χ2n) is 7.64. The van der Waals surface area contributed by atoms with Gasteiger partial charge in [-0.15, -0.1) is 0 Å². The molecule has 0 spiro atoms. The second-order valence-corrected chi connectivity index (χ2v) is 7.64. The molecule has 1 aliphatic carbocycles. The molecule has 1 amide bonds. The lowest BCUT2D eigenvalue weighted by Crippen LogP contribution is -2.53. The van der Waals surface area contributed by atoms with Crippen LogP contribution in [0.5, 0.6) is 0 Å². The van der Waals surface area contributed by atoms with Crippen LogP contribution < -0.4 is 5.32 Å². The molecule has 1 saturated heterocycles. The average Bonchev–Trinajstić information content (AvgIpc) is 2.78. The summed E-state index contributed by atoms with van der Waals surface area (Å²) in [5.74, 6) is 0.778. The van der Waals surface area contributed by atoms with E-state index in [2.05, 4.69) is 19.2 Å². The maximum atomic E-state index is 12.9. The molecular formula is C19H35N3O2. The zero-order valence-corrected chi connectivity index (χ0v) is 15.7. The Kier molecular flexibility index (Phi) is 7.08. The fourth-order valence-electron chi connectivity index (χ4n) is 4.18. The maximum Gasteiger partial charge on any atom is 0.257 e. The van der Waals surface area contributed by atoms with Crippen molar-refractivity contribution in [3.8, 4) is 0 Å². The summed E-state index contributed by atoms with van der Waals surface area (Å²) in [6.45, 7) is 4.73. The minimum Gasteiger partial charge on any atom is -0.375 e. The number of carbonyl (C=O) groups is 1. The van der Waals surface area contributed by atoms with E-state index in [9.17, 15) is 4.79 Å². The monoisotopic (exact) mass is 337 g/mol. The number of rotatable bonds is 9. The van der Waals surface area contributed by atoms with Crippen LogP contribution in [0.25, 0.3) is 0 Å². The Morgan fingerprint density at radius 1 is 1.25 bits per heavy atom. The summed E-state index contributed by atoms with van der Waals surface area (Å²) in [6.07, 6.45) is 11.5. The van der Waals surface area contributed by atoms with E-state index in [4.69, 9.17) is 10.1 Å². The lowest BCUT2D eigenvalue weighted by atomic mass is 9.79. The summed E-state index contributed by atoms with van der Waals surface area (Å²) in [5.41, 5.74) is -0.729. The number of likely N-dealkylation sites (N-methyl/N-ethyl adjacent to an activating group) is 1. The molecule has 2 N–H and O–H groups in total. The van der Waals surface area contributed by atoms with Crippen molar-refractivity contribution in [2.45, 2.75) is 89.7 Å². The first kappa shape index (κ1) is 19.2. The van der Waals surface area contributed by atoms with Gasteiger partial charge in [0, 0.05) is 7.05 Å². The Balaban J connectivity index is 2.07. The minimum absolute atomic E-state index is 0.00446. The first-order valence-corrected chi connectivity index (χ1v) is 9.79. The highest BCUT2D eigenvalue weighted by molar-refractivity contribution is 6.07. The Labute approximate surface area is 147 Å². The van der Waals surface area contributed by atoms with E-state index < -0.39 is 5.54 Å². The van der Waals surface area contributed by atoms with Gasteiger partial charge in [0.25, 0.3) is 5.91 Å². The Morgan fingerprint density at radius 3 is 2.38 bits per heavy atom. The van der Waals surface area contributed by atoms with Gasteiger partial charge in [0.15, 0.2) is 5.96 Å². The van der Waals surface area contributed by atoms with E-state index in [1.807, 2.05) is 0 Å². The molecule has 1 aliphatic heterocycles. The normalized spacial score (nSPS) is 25.6. The number of nitrogens with zero attached hydrogens (tertiary/aromatic N) is 1. The predicted molar refractivity (Wildman–Crippen MR) is 97.1 cm³/mol. The average molecular weight is 338 g/mol. The summed E-state index contributed by atoms with van der Waals surface area (Å²) < 4.78 is 6.21. The third kappa shape index (κ3) is 4.50. The van der Waals surface area contributed by atoms with Crippen LogP contribution in [-0.2, 0) is 9.53 Å². The molecule has 5 heteroatoms. The van der Waals surface area contributed by atoms with Gasteiger partial charge in [-0.1, -0.05) is 58.8 Å². The lowest BCUT2D eigenvalue weighted by Gasteiger charge is -2.34. The maximum absolute atomic E-state index is 12.9. The SMILES string of the molecule is CCCC(CCC)OCC1(CC2CCCCC2)NC(=N)N(C)C1=O. The van der Waals surface area contributed by atoms with Crippen LogP contribution in [0.4, 0.5) is 0 Å². The van der Waals surface area contributed by atoms with E-state index in [1.165, 1.54) is 37.0 Å². The van der Waals surface area contributed by atoms with Crippen molar-refractivity contribution >= 4 is 11.9 Å². The Bertz CT molecular complexity index is 428. The second kappa shape index (κ2) is 8.84. The molecule has 0 bridgehead atoms. The van der Waals surface area contributed by atoms with Crippen molar-refractivity contribution in [1.29, 1.82) is 5.41 Å². The van der Waals surface area contributed by atoms with Gasteiger partial charge in [0.2, 0.25) is 0 Å². The molecule has 0 radical (unpaired) electrons. The lowest BCUT2D eigenvalue weighted by molar-refractivity contribution is -0.134. The standard InChI is InChI=1S/C19H35N3O2/c1-4-9-16(10-5-2)24-14-19(13-15-11-7-6-8-12-15)17(23)22(3)18(20)21-19/h15-16H,4-14H2,1-3H3,(H2,20,21). The van der Waals surface area contributed by atoms with Crippen molar-refractivity contribution in [2.24, 2.45) is 5.92 Å². The van der Waals surface area contributed by atoms with Gasteiger partial charge in [-0.2, -0.15) is 0 Å². The molecule has 0 aromatic heterocycles. The number of hydrogen-bond acceptors (Lipinski definition) is 3. The topological polar surface area (TPSA) is 65.4 Å². The van der Waals surface area contributed by atoms with Crippen molar-refractivity contribution in [1.82, 2.24) is 10.2 Å². The van der Waals surface area contributed by atoms with E-state index >= 15 is 0 Å². The molecule has 1 atom stereocenters. The van der Waals surface area contributed by atoms with Crippen LogP contribution in [0, 0.1) is 11.3 Å². The Hall–Kier alpha value is -1.10. The predicted octanol–water partition coefficient (Wildman–Crippen LogP) is 3.68. The smallest absolute Gasteiger partial charge is 0.257 e. The van der Waals surface area contributed by atoms with E-state index in [-0.39, 0.29) is 18.0 Å². The fourth-order valence-corrected chi connectivity index (χ4v) is 4.18. The van der Waals surface area contributed by atoms with Gasteiger partial charge in [-0.05, 0) is 25.2 Å². The molecular weight excluding hydrogens is 302 g/mol. The van der Waals surface area contributed by atoms with Crippen molar-refractivity contribution in [3.05, 3.63) is 0 Å². The van der Waals surface area contributed by atoms with E-state index in [1.54, 1.807) is 7.05 Å².